The SMILES string of the molecule is CCNc1cc(NC2CCCC(C)C2C)nc(N)n1. The molecule has 1 heterocycles. The van der Waals surface area contributed by atoms with Gasteiger partial charge in [0.05, 0.1) is 0 Å². The van der Waals surface area contributed by atoms with Crippen molar-refractivity contribution in [2.75, 3.05) is 22.9 Å². The Morgan fingerprint density at radius 3 is 2.74 bits per heavy atom. The highest BCUT2D eigenvalue weighted by atomic mass is 15.1. The first kappa shape index (κ1) is 13.9. The molecule has 106 valence electrons. The van der Waals surface area contributed by atoms with Gasteiger partial charge >= 0.3 is 0 Å². The molecule has 0 aliphatic heterocycles. The lowest BCUT2D eigenvalue weighted by molar-refractivity contribution is 0.253. The highest BCUT2D eigenvalue weighted by molar-refractivity contribution is 5.51. The molecule has 3 atom stereocenters. The molecule has 5 nitrogen and oxygen atoms in total. The first-order valence-electron chi connectivity index (χ1n) is 7.25. The van der Waals surface area contributed by atoms with Crippen molar-refractivity contribution in [3.63, 3.8) is 0 Å². The molecule has 5 heteroatoms. The molecule has 0 amide bonds. The summed E-state index contributed by atoms with van der Waals surface area (Å²) in [5, 5.41) is 6.70. The summed E-state index contributed by atoms with van der Waals surface area (Å²) in [5.74, 6) is 3.35. The Balaban J connectivity index is 2.09. The molecule has 3 unspecified atom stereocenters. The van der Waals surface area contributed by atoms with Crippen LogP contribution in [0, 0.1) is 11.8 Å². The average Bonchev–Trinajstić information content (AvgIpc) is 2.35. The molecule has 1 aliphatic rings. The second-order valence-corrected chi connectivity index (χ2v) is 5.55. The largest absolute Gasteiger partial charge is 0.370 e. The van der Waals surface area contributed by atoms with Gasteiger partial charge in [-0.2, -0.15) is 9.97 Å². The van der Waals surface area contributed by atoms with Crippen LogP contribution >= 0.6 is 0 Å². The lowest BCUT2D eigenvalue weighted by Crippen LogP contribution is -2.35. The Kier molecular flexibility index (Phi) is 4.45. The Morgan fingerprint density at radius 2 is 2.00 bits per heavy atom. The first-order chi connectivity index (χ1) is 9.10. The molecule has 1 saturated carbocycles. The zero-order valence-electron chi connectivity index (χ0n) is 12.1. The molecular formula is C14H25N5. The molecule has 0 aromatic carbocycles. The standard InChI is InChI=1S/C14H25N5/c1-4-16-12-8-13(19-14(15)18-12)17-11-7-5-6-9(2)10(11)3/h8-11H,4-7H2,1-3H3,(H4,15,16,17,18,19). The number of nitrogens with two attached hydrogens (primary N) is 1. The molecule has 2 rings (SSSR count). The van der Waals surface area contributed by atoms with Crippen molar-refractivity contribution in [1.29, 1.82) is 0 Å². The minimum Gasteiger partial charge on any atom is -0.370 e. The van der Waals surface area contributed by atoms with Crippen LogP contribution < -0.4 is 16.4 Å². The van der Waals surface area contributed by atoms with Gasteiger partial charge < -0.3 is 16.4 Å². The summed E-state index contributed by atoms with van der Waals surface area (Å²) in [6.45, 7) is 7.51. The van der Waals surface area contributed by atoms with Crippen molar-refractivity contribution in [2.45, 2.75) is 46.1 Å². The predicted molar refractivity (Wildman–Crippen MR) is 80.2 cm³/mol. The molecule has 0 saturated heterocycles. The van der Waals surface area contributed by atoms with Crippen LogP contribution in [0.15, 0.2) is 6.07 Å². The van der Waals surface area contributed by atoms with Gasteiger partial charge in [0.25, 0.3) is 0 Å². The number of hydrogen-bond donors (Lipinski definition) is 3. The van der Waals surface area contributed by atoms with Crippen molar-refractivity contribution in [1.82, 2.24) is 9.97 Å². The van der Waals surface area contributed by atoms with E-state index in [9.17, 15) is 0 Å². The van der Waals surface area contributed by atoms with Gasteiger partial charge in [0.15, 0.2) is 0 Å². The third-order valence-electron chi connectivity index (χ3n) is 4.14. The number of nitrogen functional groups attached to an aromatic ring is 1. The van der Waals surface area contributed by atoms with E-state index in [0.717, 1.165) is 24.1 Å². The molecule has 4 N–H and O–H groups in total. The number of rotatable bonds is 4. The second kappa shape index (κ2) is 6.08. The second-order valence-electron chi connectivity index (χ2n) is 5.55. The van der Waals surface area contributed by atoms with Crippen molar-refractivity contribution >= 4 is 17.6 Å². The van der Waals surface area contributed by atoms with E-state index in [-0.39, 0.29) is 0 Å². The predicted octanol–water partition coefficient (Wildman–Crippen LogP) is 2.73. The molecule has 0 bridgehead atoms. The molecule has 19 heavy (non-hydrogen) atoms. The summed E-state index contributed by atoms with van der Waals surface area (Å²) in [6.07, 6.45) is 3.81. The van der Waals surface area contributed by atoms with Gasteiger partial charge in [-0.25, -0.2) is 0 Å². The van der Waals surface area contributed by atoms with Gasteiger partial charge in [-0.1, -0.05) is 26.7 Å². The van der Waals surface area contributed by atoms with Crippen molar-refractivity contribution in [3.05, 3.63) is 6.07 Å². The van der Waals surface area contributed by atoms with E-state index in [1.165, 1.54) is 19.3 Å². The Labute approximate surface area is 115 Å². The van der Waals surface area contributed by atoms with E-state index in [2.05, 4.69) is 34.4 Å². The zero-order chi connectivity index (χ0) is 13.8. The maximum absolute atomic E-state index is 5.75. The van der Waals surface area contributed by atoms with E-state index in [0.29, 0.717) is 17.9 Å². The summed E-state index contributed by atoms with van der Waals surface area (Å²) in [4.78, 5) is 8.45. The monoisotopic (exact) mass is 263 g/mol. The lowest BCUT2D eigenvalue weighted by atomic mass is 9.78. The third kappa shape index (κ3) is 3.49. The number of nitrogens with one attached hydrogen (secondary N) is 2. The fourth-order valence-corrected chi connectivity index (χ4v) is 2.79. The van der Waals surface area contributed by atoms with Crippen LogP contribution in [0.5, 0.6) is 0 Å². The van der Waals surface area contributed by atoms with Crippen molar-refractivity contribution in [3.8, 4) is 0 Å². The van der Waals surface area contributed by atoms with Crippen LogP contribution in [0.3, 0.4) is 0 Å². The maximum Gasteiger partial charge on any atom is 0.223 e. The van der Waals surface area contributed by atoms with Gasteiger partial charge in [-0.3, -0.25) is 0 Å². The Morgan fingerprint density at radius 1 is 1.26 bits per heavy atom. The Bertz CT molecular complexity index is 420. The molecule has 1 aromatic rings. The minimum atomic E-state index is 0.317. The number of hydrogen-bond acceptors (Lipinski definition) is 5. The van der Waals surface area contributed by atoms with Crippen LogP contribution in [0.1, 0.15) is 40.0 Å². The van der Waals surface area contributed by atoms with E-state index in [1.54, 1.807) is 0 Å². The van der Waals surface area contributed by atoms with Gasteiger partial charge in [-0.15, -0.1) is 0 Å². The fourth-order valence-electron chi connectivity index (χ4n) is 2.79. The number of anilines is 3. The number of aromatic nitrogens is 2. The summed E-state index contributed by atoms with van der Waals surface area (Å²) >= 11 is 0. The quantitative estimate of drug-likeness (QED) is 0.778. The Hall–Kier alpha value is -1.52. The van der Waals surface area contributed by atoms with Crippen LogP contribution in [-0.4, -0.2) is 22.6 Å². The summed E-state index contributed by atoms with van der Waals surface area (Å²) in [6, 6.07) is 2.42. The molecule has 1 aliphatic carbocycles. The van der Waals surface area contributed by atoms with Crippen LogP contribution in [-0.2, 0) is 0 Å². The highest BCUT2D eigenvalue weighted by Gasteiger charge is 2.27. The lowest BCUT2D eigenvalue weighted by Gasteiger charge is -2.35. The fraction of sp³-hybridized carbons (Fsp3) is 0.714. The van der Waals surface area contributed by atoms with E-state index in [4.69, 9.17) is 5.73 Å². The van der Waals surface area contributed by atoms with E-state index >= 15 is 0 Å². The summed E-state index contributed by atoms with van der Waals surface area (Å²) in [7, 11) is 0. The summed E-state index contributed by atoms with van der Waals surface area (Å²) in [5.41, 5.74) is 5.75. The zero-order valence-corrected chi connectivity index (χ0v) is 12.1. The van der Waals surface area contributed by atoms with E-state index in [1.807, 2.05) is 13.0 Å². The third-order valence-corrected chi connectivity index (χ3v) is 4.14. The topological polar surface area (TPSA) is 75.9 Å². The minimum absolute atomic E-state index is 0.317. The van der Waals surface area contributed by atoms with Crippen LogP contribution in [0.25, 0.3) is 0 Å². The van der Waals surface area contributed by atoms with Gasteiger partial charge in [-0.05, 0) is 25.2 Å². The average molecular weight is 263 g/mol. The molecular weight excluding hydrogens is 238 g/mol. The number of nitrogens with zero attached hydrogens (tertiary/aromatic N) is 2. The van der Waals surface area contributed by atoms with Gasteiger partial charge in [0, 0.05) is 18.7 Å². The molecule has 0 radical (unpaired) electrons. The highest BCUT2D eigenvalue weighted by Crippen LogP contribution is 2.31. The van der Waals surface area contributed by atoms with Gasteiger partial charge in [0.1, 0.15) is 11.6 Å². The van der Waals surface area contributed by atoms with Crippen LogP contribution in [0.2, 0.25) is 0 Å². The van der Waals surface area contributed by atoms with Crippen molar-refractivity contribution in [2.24, 2.45) is 11.8 Å². The van der Waals surface area contributed by atoms with E-state index < -0.39 is 0 Å². The molecule has 1 fully saturated rings. The molecule has 1 aromatic heterocycles. The van der Waals surface area contributed by atoms with Crippen LogP contribution in [0.4, 0.5) is 17.6 Å². The summed E-state index contributed by atoms with van der Waals surface area (Å²) < 4.78 is 0. The maximum atomic E-state index is 5.75. The van der Waals surface area contributed by atoms with Gasteiger partial charge in [0.2, 0.25) is 5.95 Å². The molecule has 0 spiro atoms. The smallest absolute Gasteiger partial charge is 0.223 e. The normalized spacial score (nSPS) is 27.0. The first-order valence-corrected chi connectivity index (χ1v) is 7.25. The van der Waals surface area contributed by atoms with Crippen molar-refractivity contribution < 1.29 is 0 Å².